The van der Waals surface area contributed by atoms with Crippen molar-refractivity contribution in [3.8, 4) is 16.9 Å². The molecule has 2 amide bonds. The van der Waals surface area contributed by atoms with Crippen LogP contribution in [0.25, 0.3) is 11.1 Å². The van der Waals surface area contributed by atoms with E-state index in [9.17, 15) is 23.9 Å². The molecule has 42 heavy (non-hydrogen) atoms. The fourth-order valence-corrected chi connectivity index (χ4v) is 4.68. The zero-order valence-electron chi connectivity index (χ0n) is 23.4. The van der Waals surface area contributed by atoms with Gasteiger partial charge in [0.25, 0.3) is 11.8 Å². The van der Waals surface area contributed by atoms with Gasteiger partial charge in [0.15, 0.2) is 0 Å². The van der Waals surface area contributed by atoms with Crippen molar-refractivity contribution in [1.29, 1.82) is 0 Å². The van der Waals surface area contributed by atoms with Crippen LogP contribution in [0, 0.1) is 5.82 Å². The Labute approximate surface area is 244 Å². The van der Waals surface area contributed by atoms with E-state index in [2.05, 4.69) is 5.32 Å². The number of carbonyl (C=O) groups is 3. The second kappa shape index (κ2) is 14.6. The normalized spacial score (nSPS) is 10.6. The maximum Gasteiger partial charge on any atom is 0.305 e. The van der Waals surface area contributed by atoms with Crippen LogP contribution in [0.4, 0.5) is 4.39 Å². The second-order valence-corrected chi connectivity index (χ2v) is 9.63. The van der Waals surface area contributed by atoms with Gasteiger partial charge in [0.2, 0.25) is 0 Å². The first kappa shape index (κ1) is 30.0. The summed E-state index contributed by atoms with van der Waals surface area (Å²) in [4.78, 5) is 40.2. The van der Waals surface area contributed by atoms with Gasteiger partial charge in [-0.2, -0.15) is 0 Å². The van der Waals surface area contributed by atoms with Crippen LogP contribution in [-0.4, -0.2) is 47.5 Å². The number of hydrogen-bond donors (Lipinski definition) is 2. The smallest absolute Gasteiger partial charge is 0.305 e. The standard InChI is InChI=1S/C34H33FN2O5/c1-2-42-31-14-8-3-9-25(31)19-21-37(22-20-32(38)39)34(41)30-13-7-5-11-28(30)27-10-4-6-12-29(27)33(40)36-23-24-15-17-26(35)18-16-24/h3-18H,2,19-23H2,1H3,(H,36,40)(H,38,39). The number of carbonyl (C=O) groups excluding carboxylic acids is 2. The minimum absolute atomic E-state index is 0.0269. The molecule has 0 atom stereocenters. The molecular weight excluding hydrogens is 535 g/mol. The molecule has 8 heteroatoms. The Kier molecular flexibility index (Phi) is 10.4. The highest BCUT2D eigenvalue weighted by Crippen LogP contribution is 2.29. The Morgan fingerprint density at radius 2 is 1.43 bits per heavy atom. The largest absolute Gasteiger partial charge is 0.494 e. The molecule has 0 aromatic heterocycles. The Morgan fingerprint density at radius 3 is 2.12 bits per heavy atom. The summed E-state index contributed by atoms with van der Waals surface area (Å²) in [6, 6.07) is 27.5. The van der Waals surface area contributed by atoms with E-state index in [-0.39, 0.29) is 43.7 Å². The maximum atomic E-state index is 14.0. The lowest BCUT2D eigenvalue weighted by atomic mass is 9.94. The molecule has 0 heterocycles. The number of carboxylic acids is 1. The molecule has 0 saturated carbocycles. The lowest BCUT2D eigenvalue weighted by molar-refractivity contribution is -0.137. The molecule has 4 aromatic carbocycles. The predicted molar refractivity (Wildman–Crippen MR) is 159 cm³/mol. The molecular formula is C34H33FN2O5. The molecule has 4 aromatic rings. The maximum absolute atomic E-state index is 14.0. The van der Waals surface area contributed by atoms with Gasteiger partial charge in [0.05, 0.1) is 13.0 Å². The Hall–Kier alpha value is -4.98. The number of ether oxygens (including phenoxy) is 1. The van der Waals surface area contributed by atoms with Crippen molar-refractivity contribution < 1.29 is 28.6 Å². The SMILES string of the molecule is CCOc1ccccc1CCN(CCC(=O)O)C(=O)c1ccccc1-c1ccccc1C(=O)NCc1ccc(F)cc1. The summed E-state index contributed by atoms with van der Waals surface area (Å²) in [6.07, 6.45) is 0.273. The lowest BCUT2D eigenvalue weighted by Crippen LogP contribution is -2.35. The summed E-state index contributed by atoms with van der Waals surface area (Å²) < 4.78 is 19.0. The third kappa shape index (κ3) is 7.81. The molecule has 0 spiro atoms. The summed E-state index contributed by atoms with van der Waals surface area (Å²) in [5, 5.41) is 12.2. The van der Waals surface area contributed by atoms with Crippen molar-refractivity contribution in [2.45, 2.75) is 26.3 Å². The Bertz CT molecular complexity index is 1540. The molecule has 0 unspecified atom stereocenters. The van der Waals surface area contributed by atoms with E-state index >= 15 is 0 Å². The van der Waals surface area contributed by atoms with Crippen LogP contribution in [-0.2, 0) is 17.8 Å². The van der Waals surface area contributed by atoms with Crippen LogP contribution >= 0.6 is 0 Å². The van der Waals surface area contributed by atoms with Crippen molar-refractivity contribution in [2.75, 3.05) is 19.7 Å². The van der Waals surface area contributed by atoms with Crippen molar-refractivity contribution >= 4 is 17.8 Å². The first-order valence-corrected chi connectivity index (χ1v) is 13.8. The molecule has 0 aliphatic rings. The van der Waals surface area contributed by atoms with E-state index < -0.39 is 5.97 Å². The Morgan fingerprint density at radius 1 is 0.810 bits per heavy atom. The summed E-state index contributed by atoms with van der Waals surface area (Å²) >= 11 is 0. The molecule has 7 nitrogen and oxygen atoms in total. The van der Waals surface area contributed by atoms with Gasteiger partial charge in [-0.05, 0) is 65.9 Å². The number of nitrogens with one attached hydrogen (secondary N) is 1. The van der Waals surface area contributed by atoms with Gasteiger partial charge < -0.3 is 20.1 Å². The first-order valence-electron chi connectivity index (χ1n) is 13.8. The van der Waals surface area contributed by atoms with Crippen LogP contribution in [0.5, 0.6) is 5.75 Å². The lowest BCUT2D eigenvalue weighted by Gasteiger charge is -2.24. The van der Waals surface area contributed by atoms with Crippen LogP contribution in [0.2, 0.25) is 0 Å². The fraction of sp³-hybridized carbons (Fsp3) is 0.206. The average Bonchev–Trinajstić information content (AvgIpc) is 3.01. The van der Waals surface area contributed by atoms with E-state index in [1.807, 2.05) is 31.2 Å². The van der Waals surface area contributed by atoms with Crippen molar-refractivity contribution in [1.82, 2.24) is 10.2 Å². The summed E-state index contributed by atoms with van der Waals surface area (Å²) in [6.45, 7) is 2.92. The number of rotatable bonds is 13. The number of benzene rings is 4. The predicted octanol–water partition coefficient (Wildman–Crippen LogP) is 5.98. The third-order valence-electron chi connectivity index (χ3n) is 6.79. The van der Waals surface area contributed by atoms with Gasteiger partial charge >= 0.3 is 5.97 Å². The van der Waals surface area contributed by atoms with Crippen molar-refractivity contribution in [2.24, 2.45) is 0 Å². The van der Waals surface area contributed by atoms with E-state index in [4.69, 9.17) is 4.74 Å². The van der Waals surface area contributed by atoms with Gasteiger partial charge in [-0.25, -0.2) is 4.39 Å². The molecule has 0 aliphatic heterocycles. The van der Waals surface area contributed by atoms with Gasteiger partial charge in [0.1, 0.15) is 11.6 Å². The number of hydrogen-bond acceptors (Lipinski definition) is 4. The molecule has 0 radical (unpaired) electrons. The second-order valence-electron chi connectivity index (χ2n) is 9.63. The van der Waals surface area contributed by atoms with Crippen molar-refractivity contribution in [3.05, 3.63) is 125 Å². The van der Waals surface area contributed by atoms with Gasteiger partial charge in [0, 0.05) is 30.8 Å². The molecule has 2 N–H and O–H groups in total. The van der Waals surface area contributed by atoms with Gasteiger partial charge in [-0.15, -0.1) is 0 Å². The molecule has 0 saturated heterocycles. The minimum atomic E-state index is -1.00. The number of para-hydroxylation sites is 1. The van der Waals surface area contributed by atoms with Crippen LogP contribution in [0.3, 0.4) is 0 Å². The van der Waals surface area contributed by atoms with E-state index in [0.29, 0.717) is 35.3 Å². The number of amides is 2. The first-order chi connectivity index (χ1) is 20.4. The molecule has 216 valence electrons. The quantitative estimate of drug-likeness (QED) is 0.207. The van der Waals surface area contributed by atoms with E-state index in [1.54, 1.807) is 60.7 Å². The molecule has 4 rings (SSSR count). The Balaban J connectivity index is 1.60. The van der Waals surface area contributed by atoms with E-state index in [1.165, 1.54) is 17.0 Å². The van der Waals surface area contributed by atoms with Crippen LogP contribution in [0.1, 0.15) is 45.2 Å². The van der Waals surface area contributed by atoms with Crippen molar-refractivity contribution in [3.63, 3.8) is 0 Å². The number of halogens is 1. The minimum Gasteiger partial charge on any atom is -0.494 e. The number of nitrogens with zero attached hydrogens (tertiary/aromatic N) is 1. The summed E-state index contributed by atoms with van der Waals surface area (Å²) in [5.41, 5.74) is 3.53. The summed E-state index contributed by atoms with van der Waals surface area (Å²) in [5.74, 6) is -1.30. The average molecular weight is 569 g/mol. The van der Waals surface area contributed by atoms with Gasteiger partial charge in [-0.3, -0.25) is 14.4 Å². The fourth-order valence-electron chi connectivity index (χ4n) is 4.68. The van der Waals surface area contributed by atoms with Gasteiger partial charge in [-0.1, -0.05) is 66.7 Å². The number of carboxylic acid groups (broad SMARTS) is 1. The number of aliphatic carboxylic acids is 1. The van der Waals surface area contributed by atoms with E-state index in [0.717, 1.165) is 16.9 Å². The van der Waals surface area contributed by atoms with Crippen LogP contribution in [0.15, 0.2) is 97.1 Å². The highest BCUT2D eigenvalue weighted by Gasteiger charge is 2.23. The highest BCUT2D eigenvalue weighted by molar-refractivity contribution is 6.06. The molecule has 0 fully saturated rings. The highest BCUT2D eigenvalue weighted by atomic mass is 19.1. The zero-order chi connectivity index (χ0) is 29.9. The zero-order valence-corrected chi connectivity index (χ0v) is 23.4. The monoisotopic (exact) mass is 568 g/mol. The molecule has 0 bridgehead atoms. The topological polar surface area (TPSA) is 95.9 Å². The molecule has 0 aliphatic carbocycles. The summed E-state index contributed by atoms with van der Waals surface area (Å²) in [7, 11) is 0. The van der Waals surface area contributed by atoms with Crippen LogP contribution < -0.4 is 10.1 Å². The third-order valence-corrected chi connectivity index (χ3v) is 6.79.